The fourth-order valence-electron chi connectivity index (χ4n) is 2.15. The van der Waals surface area contributed by atoms with Crippen LogP contribution < -0.4 is 10.1 Å². The lowest BCUT2D eigenvalue weighted by Crippen LogP contribution is -2.16. The molecule has 2 nitrogen and oxygen atoms in total. The zero-order valence-electron chi connectivity index (χ0n) is 12.2. The summed E-state index contributed by atoms with van der Waals surface area (Å²) in [6.45, 7) is 6.36. The number of hydrogen-bond donors (Lipinski definition) is 1. The van der Waals surface area contributed by atoms with Crippen LogP contribution in [0.5, 0.6) is 5.75 Å². The Labute approximate surface area is 112 Å². The van der Waals surface area contributed by atoms with Gasteiger partial charge in [0.05, 0.1) is 6.10 Å². The molecule has 1 atom stereocenters. The molecule has 1 aromatic rings. The molecule has 1 unspecified atom stereocenters. The number of ether oxygens (including phenoxy) is 1. The molecule has 0 aliphatic rings. The molecule has 0 heterocycles. The highest BCUT2D eigenvalue weighted by Gasteiger charge is 2.09. The van der Waals surface area contributed by atoms with Crippen LogP contribution in [0.25, 0.3) is 0 Å². The SMILES string of the molecule is CCCCCC(NC)c1cccc(OC(C)C)c1. The lowest BCUT2D eigenvalue weighted by molar-refractivity contribution is 0.242. The first kappa shape index (κ1) is 15.0. The molecule has 0 amide bonds. The summed E-state index contributed by atoms with van der Waals surface area (Å²) in [5.74, 6) is 0.971. The number of benzene rings is 1. The van der Waals surface area contributed by atoms with Crippen molar-refractivity contribution in [3.63, 3.8) is 0 Å². The maximum atomic E-state index is 5.75. The van der Waals surface area contributed by atoms with E-state index in [0.29, 0.717) is 6.04 Å². The summed E-state index contributed by atoms with van der Waals surface area (Å²) >= 11 is 0. The standard InChI is InChI=1S/C16H27NO/c1-5-6-7-11-16(17-4)14-9-8-10-15(12-14)18-13(2)3/h8-10,12-13,16-17H,5-7,11H2,1-4H3. The summed E-state index contributed by atoms with van der Waals surface area (Å²) in [6, 6.07) is 8.89. The van der Waals surface area contributed by atoms with Gasteiger partial charge in [0, 0.05) is 6.04 Å². The van der Waals surface area contributed by atoms with Crippen LogP contribution in [0.4, 0.5) is 0 Å². The van der Waals surface area contributed by atoms with Crippen LogP contribution in [0.1, 0.15) is 58.1 Å². The van der Waals surface area contributed by atoms with Crippen LogP contribution in [0.15, 0.2) is 24.3 Å². The van der Waals surface area contributed by atoms with Crippen LogP contribution in [0.2, 0.25) is 0 Å². The molecule has 0 aromatic heterocycles. The van der Waals surface area contributed by atoms with Crippen molar-refractivity contribution >= 4 is 0 Å². The van der Waals surface area contributed by atoms with Crippen molar-refractivity contribution in [3.05, 3.63) is 29.8 Å². The third-order valence-corrected chi connectivity index (χ3v) is 3.08. The molecule has 1 N–H and O–H groups in total. The molecule has 0 spiro atoms. The fraction of sp³-hybridized carbons (Fsp3) is 0.625. The molecule has 0 aliphatic heterocycles. The fourth-order valence-corrected chi connectivity index (χ4v) is 2.15. The average molecular weight is 249 g/mol. The van der Waals surface area contributed by atoms with E-state index >= 15 is 0 Å². The van der Waals surface area contributed by atoms with Crippen LogP contribution in [-0.2, 0) is 0 Å². The first-order valence-electron chi connectivity index (χ1n) is 7.11. The highest BCUT2D eigenvalue weighted by Crippen LogP contribution is 2.24. The molecule has 18 heavy (non-hydrogen) atoms. The predicted molar refractivity (Wildman–Crippen MR) is 78.1 cm³/mol. The van der Waals surface area contributed by atoms with E-state index in [1.807, 2.05) is 13.1 Å². The monoisotopic (exact) mass is 249 g/mol. The number of rotatable bonds is 8. The van der Waals surface area contributed by atoms with Gasteiger partial charge in [-0.15, -0.1) is 0 Å². The molecular formula is C16H27NO. The van der Waals surface area contributed by atoms with Crippen LogP contribution in [0, 0.1) is 0 Å². The van der Waals surface area contributed by atoms with Gasteiger partial charge < -0.3 is 10.1 Å². The lowest BCUT2D eigenvalue weighted by Gasteiger charge is -2.18. The largest absolute Gasteiger partial charge is 0.491 e. The first-order chi connectivity index (χ1) is 8.67. The van der Waals surface area contributed by atoms with Crippen molar-refractivity contribution in [3.8, 4) is 5.75 Å². The highest BCUT2D eigenvalue weighted by molar-refractivity contribution is 5.30. The molecule has 102 valence electrons. The van der Waals surface area contributed by atoms with Gasteiger partial charge in [0.2, 0.25) is 0 Å². The van der Waals surface area contributed by atoms with E-state index in [2.05, 4.69) is 44.3 Å². The van der Waals surface area contributed by atoms with Gasteiger partial charge in [-0.05, 0) is 45.0 Å². The van der Waals surface area contributed by atoms with Gasteiger partial charge in [-0.1, -0.05) is 38.3 Å². The van der Waals surface area contributed by atoms with Crippen molar-refractivity contribution in [1.29, 1.82) is 0 Å². The summed E-state index contributed by atoms with van der Waals surface area (Å²) in [5.41, 5.74) is 1.33. The number of unbranched alkanes of at least 4 members (excludes halogenated alkanes) is 2. The van der Waals surface area contributed by atoms with Gasteiger partial charge in [-0.2, -0.15) is 0 Å². The second-order valence-electron chi connectivity index (χ2n) is 5.08. The van der Waals surface area contributed by atoms with E-state index in [-0.39, 0.29) is 6.10 Å². The molecule has 1 rings (SSSR count). The van der Waals surface area contributed by atoms with E-state index in [1.54, 1.807) is 0 Å². The molecule has 0 saturated heterocycles. The molecule has 0 bridgehead atoms. The van der Waals surface area contributed by atoms with E-state index in [0.717, 1.165) is 5.75 Å². The van der Waals surface area contributed by atoms with Crippen LogP contribution in [0.3, 0.4) is 0 Å². The van der Waals surface area contributed by atoms with Crippen molar-refractivity contribution in [1.82, 2.24) is 5.32 Å². The molecule has 0 fully saturated rings. The summed E-state index contributed by atoms with van der Waals surface area (Å²) < 4.78 is 5.75. The summed E-state index contributed by atoms with van der Waals surface area (Å²) in [7, 11) is 2.03. The van der Waals surface area contributed by atoms with Gasteiger partial charge in [0.25, 0.3) is 0 Å². The van der Waals surface area contributed by atoms with E-state index in [1.165, 1.54) is 31.2 Å². The van der Waals surface area contributed by atoms with Gasteiger partial charge in [-0.25, -0.2) is 0 Å². The van der Waals surface area contributed by atoms with Crippen molar-refractivity contribution in [2.24, 2.45) is 0 Å². The highest BCUT2D eigenvalue weighted by atomic mass is 16.5. The minimum absolute atomic E-state index is 0.230. The Morgan fingerprint density at radius 3 is 2.61 bits per heavy atom. The maximum Gasteiger partial charge on any atom is 0.120 e. The molecule has 0 saturated carbocycles. The Kier molecular flexibility index (Phi) is 6.81. The van der Waals surface area contributed by atoms with Crippen molar-refractivity contribution in [2.45, 2.75) is 58.6 Å². The molecule has 0 aliphatic carbocycles. The van der Waals surface area contributed by atoms with Gasteiger partial charge in [-0.3, -0.25) is 0 Å². The zero-order chi connectivity index (χ0) is 13.4. The van der Waals surface area contributed by atoms with Gasteiger partial charge >= 0.3 is 0 Å². The average Bonchev–Trinajstić information content (AvgIpc) is 2.34. The summed E-state index contributed by atoms with van der Waals surface area (Å²) in [4.78, 5) is 0. The third kappa shape index (κ3) is 5.09. The molecule has 0 radical (unpaired) electrons. The van der Waals surface area contributed by atoms with Crippen molar-refractivity contribution < 1.29 is 4.74 Å². The molecule has 1 aromatic carbocycles. The second kappa shape index (κ2) is 8.15. The second-order valence-corrected chi connectivity index (χ2v) is 5.08. The minimum atomic E-state index is 0.230. The van der Waals surface area contributed by atoms with Crippen molar-refractivity contribution in [2.75, 3.05) is 7.05 Å². The Hall–Kier alpha value is -1.02. The molecular weight excluding hydrogens is 222 g/mol. The van der Waals surface area contributed by atoms with Gasteiger partial charge in [0.15, 0.2) is 0 Å². The Bertz CT molecular complexity index is 336. The quantitative estimate of drug-likeness (QED) is 0.693. The lowest BCUT2D eigenvalue weighted by atomic mass is 10.0. The summed E-state index contributed by atoms with van der Waals surface area (Å²) in [5, 5.41) is 3.40. The number of nitrogens with one attached hydrogen (secondary N) is 1. The zero-order valence-corrected chi connectivity index (χ0v) is 12.2. The Morgan fingerprint density at radius 1 is 1.22 bits per heavy atom. The van der Waals surface area contributed by atoms with Crippen LogP contribution >= 0.6 is 0 Å². The maximum absolute atomic E-state index is 5.75. The van der Waals surface area contributed by atoms with E-state index in [4.69, 9.17) is 4.74 Å². The van der Waals surface area contributed by atoms with Crippen LogP contribution in [-0.4, -0.2) is 13.2 Å². The first-order valence-corrected chi connectivity index (χ1v) is 7.11. The smallest absolute Gasteiger partial charge is 0.120 e. The summed E-state index contributed by atoms with van der Waals surface area (Å²) in [6.07, 6.45) is 5.27. The predicted octanol–water partition coefficient (Wildman–Crippen LogP) is 4.31. The van der Waals surface area contributed by atoms with Gasteiger partial charge in [0.1, 0.15) is 5.75 Å². The van der Waals surface area contributed by atoms with E-state index < -0.39 is 0 Å². The normalized spacial score (nSPS) is 12.7. The minimum Gasteiger partial charge on any atom is -0.491 e. The Balaban J connectivity index is 2.66. The molecule has 2 heteroatoms. The third-order valence-electron chi connectivity index (χ3n) is 3.08. The topological polar surface area (TPSA) is 21.3 Å². The number of hydrogen-bond acceptors (Lipinski definition) is 2. The Morgan fingerprint density at radius 2 is 2.00 bits per heavy atom. The van der Waals surface area contributed by atoms with E-state index in [9.17, 15) is 0 Å².